The number of hydrogen-bond donors (Lipinski definition) is 1. The number of amides is 1. The second kappa shape index (κ2) is 6.75. The molecule has 1 N–H and O–H groups in total. The first-order valence-electron chi connectivity index (χ1n) is 8.46. The summed E-state index contributed by atoms with van der Waals surface area (Å²) in [7, 11) is 3.14. The highest BCUT2D eigenvalue weighted by molar-refractivity contribution is 5.94. The molecule has 3 aromatic rings. The number of rotatable bonds is 4. The van der Waals surface area contributed by atoms with Crippen molar-refractivity contribution < 1.29 is 18.7 Å². The van der Waals surface area contributed by atoms with Gasteiger partial charge in [0.1, 0.15) is 29.5 Å². The number of imidazole rings is 1. The van der Waals surface area contributed by atoms with Gasteiger partial charge >= 0.3 is 0 Å². The highest BCUT2D eigenvalue weighted by Crippen LogP contribution is 2.40. The summed E-state index contributed by atoms with van der Waals surface area (Å²) in [5.74, 6) is 0.745. The SMILES string of the molecule is COc1ccc(OC)c(-n2cnc3c2NC(=O)C[C@H]3c2ccccc2F)c1. The minimum atomic E-state index is -0.451. The highest BCUT2D eigenvalue weighted by atomic mass is 19.1. The molecule has 6 nitrogen and oxygen atoms in total. The predicted octanol–water partition coefficient (Wildman–Crippen LogP) is 3.50. The Kier molecular flexibility index (Phi) is 4.27. The van der Waals surface area contributed by atoms with E-state index in [1.165, 1.54) is 6.07 Å². The third kappa shape index (κ3) is 2.91. The van der Waals surface area contributed by atoms with Gasteiger partial charge in [0.25, 0.3) is 0 Å². The fourth-order valence-electron chi connectivity index (χ4n) is 3.39. The summed E-state index contributed by atoms with van der Waals surface area (Å²) in [5, 5.41) is 2.86. The fourth-order valence-corrected chi connectivity index (χ4v) is 3.39. The molecule has 1 atom stereocenters. The largest absolute Gasteiger partial charge is 0.497 e. The second-order valence-electron chi connectivity index (χ2n) is 6.21. The number of fused-ring (bicyclic) bond motifs is 1. The van der Waals surface area contributed by atoms with Crippen molar-refractivity contribution in [2.75, 3.05) is 19.5 Å². The zero-order valence-electron chi connectivity index (χ0n) is 14.9. The van der Waals surface area contributed by atoms with Crippen molar-refractivity contribution in [3.8, 4) is 17.2 Å². The van der Waals surface area contributed by atoms with Gasteiger partial charge in [-0.25, -0.2) is 9.37 Å². The van der Waals surface area contributed by atoms with Crippen LogP contribution in [0.3, 0.4) is 0 Å². The molecule has 1 aromatic heterocycles. The number of hydrogen-bond acceptors (Lipinski definition) is 4. The van der Waals surface area contributed by atoms with E-state index in [0.29, 0.717) is 34.3 Å². The van der Waals surface area contributed by atoms with E-state index >= 15 is 0 Å². The zero-order chi connectivity index (χ0) is 19.0. The Bertz CT molecular complexity index is 1020. The monoisotopic (exact) mass is 367 g/mol. The smallest absolute Gasteiger partial charge is 0.226 e. The second-order valence-corrected chi connectivity index (χ2v) is 6.21. The maximum atomic E-state index is 14.3. The number of anilines is 1. The van der Waals surface area contributed by atoms with Crippen molar-refractivity contribution >= 4 is 11.7 Å². The molecule has 0 saturated carbocycles. The van der Waals surface area contributed by atoms with Gasteiger partial charge in [-0.15, -0.1) is 0 Å². The summed E-state index contributed by atoms with van der Waals surface area (Å²) < 4.78 is 26.8. The first-order chi connectivity index (χ1) is 13.1. The highest BCUT2D eigenvalue weighted by Gasteiger charge is 2.32. The summed E-state index contributed by atoms with van der Waals surface area (Å²) in [5.41, 5.74) is 1.74. The van der Waals surface area contributed by atoms with Gasteiger partial charge in [0, 0.05) is 18.4 Å². The minimum absolute atomic E-state index is 0.139. The van der Waals surface area contributed by atoms with Crippen LogP contribution in [0.2, 0.25) is 0 Å². The van der Waals surface area contributed by atoms with Crippen LogP contribution in [0.5, 0.6) is 11.5 Å². The van der Waals surface area contributed by atoms with Gasteiger partial charge in [-0.2, -0.15) is 0 Å². The van der Waals surface area contributed by atoms with Crippen LogP contribution in [-0.2, 0) is 4.79 Å². The molecule has 0 bridgehead atoms. The lowest BCUT2D eigenvalue weighted by molar-refractivity contribution is -0.116. The lowest BCUT2D eigenvalue weighted by atomic mass is 9.89. The molecule has 2 aromatic carbocycles. The Hall–Kier alpha value is -3.35. The first-order valence-corrected chi connectivity index (χ1v) is 8.46. The van der Waals surface area contributed by atoms with E-state index in [-0.39, 0.29) is 18.1 Å². The Labute approximate surface area is 155 Å². The average Bonchev–Trinajstić information content (AvgIpc) is 3.10. The molecule has 0 aliphatic carbocycles. The van der Waals surface area contributed by atoms with Crippen LogP contribution in [0, 0.1) is 5.82 Å². The van der Waals surface area contributed by atoms with Crippen LogP contribution in [0.4, 0.5) is 10.2 Å². The number of aromatic nitrogens is 2. The van der Waals surface area contributed by atoms with E-state index in [0.717, 1.165) is 0 Å². The number of nitrogens with one attached hydrogen (secondary N) is 1. The van der Waals surface area contributed by atoms with Crippen LogP contribution in [0.1, 0.15) is 23.6 Å². The Morgan fingerprint density at radius 2 is 2.00 bits per heavy atom. The summed E-state index contributed by atoms with van der Waals surface area (Å²) in [6.45, 7) is 0. The van der Waals surface area contributed by atoms with E-state index in [1.807, 2.05) is 0 Å². The molecule has 138 valence electrons. The number of carbonyl (C=O) groups excluding carboxylic acids is 1. The Morgan fingerprint density at radius 1 is 1.19 bits per heavy atom. The molecular formula is C20H18FN3O3. The number of carbonyl (C=O) groups is 1. The molecule has 1 amide bonds. The van der Waals surface area contributed by atoms with Crippen molar-refractivity contribution in [2.24, 2.45) is 0 Å². The van der Waals surface area contributed by atoms with E-state index in [2.05, 4.69) is 10.3 Å². The van der Waals surface area contributed by atoms with Crippen LogP contribution < -0.4 is 14.8 Å². The molecule has 0 spiro atoms. The van der Waals surface area contributed by atoms with Crippen molar-refractivity contribution in [1.82, 2.24) is 9.55 Å². The van der Waals surface area contributed by atoms with Gasteiger partial charge < -0.3 is 14.8 Å². The predicted molar refractivity (Wildman–Crippen MR) is 98.2 cm³/mol. The van der Waals surface area contributed by atoms with Crippen molar-refractivity contribution in [3.63, 3.8) is 0 Å². The number of benzene rings is 2. The summed E-state index contributed by atoms with van der Waals surface area (Å²) >= 11 is 0. The molecule has 4 rings (SSSR count). The van der Waals surface area contributed by atoms with Gasteiger partial charge in [0.15, 0.2) is 0 Å². The van der Waals surface area contributed by atoms with Crippen LogP contribution in [-0.4, -0.2) is 29.7 Å². The molecule has 0 saturated heterocycles. The molecule has 1 aliphatic rings. The normalized spacial score (nSPS) is 15.8. The summed E-state index contributed by atoms with van der Waals surface area (Å²) in [6, 6.07) is 11.8. The van der Waals surface area contributed by atoms with Crippen molar-refractivity contribution in [3.05, 3.63) is 65.9 Å². The molecule has 2 heterocycles. The number of halogens is 1. The van der Waals surface area contributed by atoms with E-state index in [9.17, 15) is 9.18 Å². The lowest BCUT2D eigenvalue weighted by Crippen LogP contribution is -2.25. The third-order valence-corrected chi connectivity index (χ3v) is 4.70. The Balaban J connectivity index is 1.87. The van der Waals surface area contributed by atoms with E-state index in [1.54, 1.807) is 61.5 Å². The van der Waals surface area contributed by atoms with Crippen molar-refractivity contribution in [2.45, 2.75) is 12.3 Å². The summed E-state index contributed by atoms with van der Waals surface area (Å²) in [6.07, 6.45) is 1.74. The van der Waals surface area contributed by atoms with Gasteiger partial charge in [0.2, 0.25) is 5.91 Å². The minimum Gasteiger partial charge on any atom is -0.497 e. The van der Waals surface area contributed by atoms with Crippen LogP contribution in [0.25, 0.3) is 5.69 Å². The number of ether oxygens (including phenoxy) is 2. The van der Waals surface area contributed by atoms with E-state index < -0.39 is 5.92 Å². The number of methoxy groups -OCH3 is 2. The standard InChI is InChI=1S/C20H18FN3O3/c1-26-12-7-8-17(27-2)16(9-12)24-11-22-19-14(10-18(25)23-20(19)24)13-5-3-4-6-15(13)21/h3-9,11,14H,10H2,1-2H3,(H,23,25)/t14-/m0/s1. The fraction of sp³-hybridized carbons (Fsp3) is 0.200. The summed E-state index contributed by atoms with van der Waals surface area (Å²) in [4.78, 5) is 16.8. The van der Waals surface area contributed by atoms with Crippen molar-refractivity contribution in [1.29, 1.82) is 0 Å². The van der Waals surface area contributed by atoms with Gasteiger partial charge in [-0.3, -0.25) is 9.36 Å². The maximum absolute atomic E-state index is 14.3. The Morgan fingerprint density at radius 3 is 2.74 bits per heavy atom. The lowest BCUT2D eigenvalue weighted by Gasteiger charge is -2.24. The molecule has 7 heteroatoms. The quantitative estimate of drug-likeness (QED) is 0.766. The van der Waals surface area contributed by atoms with Gasteiger partial charge in [0.05, 0.1) is 25.6 Å². The average molecular weight is 367 g/mol. The molecule has 27 heavy (non-hydrogen) atoms. The molecule has 0 radical (unpaired) electrons. The third-order valence-electron chi connectivity index (χ3n) is 4.70. The molecule has 1 aliphatic heterocycles. The zero-order valence-corrected chi connectivity index (χ0v) is 14.9. The topological polar surface area (TPSA) is 65.4 Å². The van der Waals surface area contributed by atoms with Gasteiger partial charge in [-0.1, -0.05) is 18.2 Å². The van der Waals surface area contributed by atoms with Gasteiger partial charge in [-0.05, 0) is 23.8 Å². The maximum Gasteiger partial charge on any atom is 0.226 e. The molecule has 0 unspecified atom stereocenters. The van der Waals surface area contributed by atoms with E-state index in [4.69, 9.17) is 9.47 Å². The van der Waals surface area contributed by atoms with Crippen LogP contribution in [0.15, 0.2) is 48.8 Å². The molecular weight excluding hydrogens is 349 g/mol. The van der Waals surface area contributed by atoms with Crippen LogP contribution >= 0.6 is 0 Å². The number of nitrogens with zero attached hydrogens (tertiary/aromatic N) is 2. The first kappa shape index (κ1) is 17.1. The molecule has 0 fully saturated rings.